The number of hydrogen-bond donors (Lipinski definition) is 1. The number of carbonyl (C=O) groups excluding carboxylic acids is 1. The smallest absolute Gasteiger partial charge is 0.410 e. The molecular formula is C18H35N3O2. The van der Waals surface area contributed by atoms with Gasteiger partial charge in [0.05, 0.1) is 0 Å². The standard InChI is InChI=1S/C18H35N3O2/c1-14-13-16(8-11-20(14)5)19-15-7-6-10-21(12-9-15)17(22)23-18(2,3)4/h14-16,19H,6-13H2,1-5H3. The molecule has 2 aliphatic heterocycles. The van der Waals surface area contributed by atoms with Crippen molar-refractivity contribution in [2.24, 2.45) is 0 Å². The molecule has 0 aromatic carbocycles. The number of carbonyl (C=O) groups is 1. The number of rotatable bonds is 2. The van der Waals surface area contributed by atoms with Gasteiger partial charge < -0.3 is 19.9 Å². The number of ether oxygens (including phenoxy) is 1. The molecular weight excluding hydrogens is 290 g/mol. The number of nitrogens with zero attached hydrogens (tertiary/aromatic N) is 2. The molecule has 5 heteroatoms. The van der Waals surface area contributed by atoms with Gasteiger partial charge in [-0.25, -0.2) is 4.79 Å². The molecule has 2 rings (SSSR count). The highest BCUT2D eigenvalue weighted by Gasteiger charge is 2.28. The highest BCUT2D eigenvalue weighted by molar-refractivity contribution is 5.68. The average molecular weight is 325 g/mol. The van der Waals surface area contributed by atoms with E-state index in [1.165, 1.54) is 19.4 Å². The highest BCUT2D eigenvalue weighted by atomic mass is 16.6. The molecule has 0 spiro atoms. The van der Waals surface area contributed by atoms with Gasteiger partial charge in [0.15, 0.2) is 0 Å². The zero-order chi connectivity index (χ0) is 17.0. The van der Waals surface area contributed by atoms with E-state index in [0.717, 1.165) is 32.4 Å². The van der Waals surface area contributed by atoms with Crippen molar-refractivity contribution >= 4 is 6.09 Å². The Bertz CT molecular complexity index is 394. The van der Waals surface area contributed by atoms with Crippen molar-refractivity contribution in [1.29, 1.82) is 0 Å². The van der Waals surface area contributed by atoms with E-state index in [0.29, 0.717) is 18.1 Å². The van der Waals surface area contributed by atoms with Gasteiger partial charge in [0.1, 0.15) is 5.60 Å². The summed E-state index contributed by atoms with van der Waals surface area (Å²) in [5.74, 6) is 0. The zero-order valence-corrected chi connectivity index (χ0v) is 15.6. The second-order valence-corrected chi connectivity index (χ2v) is 8.31. The molecule has 3 atom stereocenters. The van der Waals surface area contributed by atoms with Gasteiger partial charge in [0.25, 0.3) is 0 Å². The van der Waals surface area contributed by atoms with Crippen LogP contribution in [0.2, 0.25) is 0 Å². The number of piperidine rings is 1. The van der Waals surface area contributed by atoms with Gasteiger partial charge in [-0.15, -0.1) is 0 Å². The number of hydrogen-bond acceptors (Lipinski definition) is 4. The van der Waals surface area contributed by atoms with Crippen molar-refractivity contribution in [3.63, 3.8) is 0 Å². The molecule has 2 saturated heterocycles. The Hall–Kier alpha value is -0.810. The van der Waals surface area contributed by atoms with Crippen molar-refractivity contribution in [3.05, 3.63) is 0 Å². The van der Waals surface area contributed by atoms with Crippen LogP contribution in [0.5, 0.6) is 0 Å². The van der Waals surface area contributed by atoms with Crippen LogP contribution in [0, 0.1) is 0 Å². The van der Waals surface area contributed by atoms with E-state index in [-0.39, 0.29) is 6.09 Å². The van der Waals surface area contributed by atoms with E-state index in [1.54, 1.807) is 0 Å². The summed E-state index contributed by atoms with van der Waals surface area (Å²) in [6.45, 7) is 10.9. The number of nitrogens with one attached hydrogen (secondary N) is 1. The summed E-state index contributed by atoms with van der Waals surface area (Å²) in [7, 11) is 2.21. The zero-order valence-electron chi connectivity index (χ0n) is 15.6. The van der Waals surface area contributed by atoms with Crippen LogP contribution < -0.4 is 5.32 Å². The van der Waals surface area contributed by atoms with Crippen molar-refractivity contribution in [2.75, 3.05) is 26.7 Å². The first-order valence-corrected chi connectivity index (χ1v) is 9.19. The molecule has 0 bridgehead atoms. The van der Waals surface area contributed by atoms with Gasteiger partial charge >= 0.3 is 6.09 Å². The van der Waals surface area contributed by atoms with Gasteiger partial charge in [-0.05, 0) is 73.4 Å². The lowest BCUT2D eigenvalue weighted by Crippen LogP contribution is -2.48. The van der Waals surface area contributed by atoms with Crippen molar-refractivity contribution in [2.45, 2.75) is 83.5 Å². The quantitative estimate of drug-likeness (QED) is 0.848. The van der Waals surface area contributed by atoms with E-state index in [2.05, 4.69) is 24.2 Å². The van der Waals surface area contributed by atoms with E-state index >= 15 is 0 Å². The molecule has 0 aromatic heterocycles. The molecule has 0 aromatic rings. The number of amides is 1. The lowest BCUT2D eigenvalue weighted by molar-refractivity contribution is 0.0255. The first-order valence-electron chi connectivity index (χ1n) is 9.19. The highest BCUT2D eigenvalue weighted by Crippen LogP contribution is 2.20. The Labute approximate surface area is 141 Å². The molecule has 1 amide bonds. The van der Waals surface area contributed by atoms with Crippen molar-refractivity contribution < 1.29 is 9.53 Å². The van der Waals surface area contributed by atoms with Crippen LogP contribution in [0.15, 0.2) is 0 Å². The third-order valence-corrected chi connectivity index (χ3v) is 5.06. The first kappa shape index (κ1) is 18.5. The van der Waals surface area contributed by atoms with Gasteiger partial charge in [-0.1, -0.05) is 0 Å². The maximum atomic E-state index is 12.2. The summed E-state index contributed by atoms with van der Waals surface area (Å²) < 4.78 is 5.50. The van der Waals surface area contributed by atoms with E-state index in [1.807, 2.05) is 25.7 Å². The average Bonchev–Trinajstić information content (AvgIpc) is 2.67. The summed E-state index contributed by atoms with van der Waals surface area (Å²) in [4.78, 5) is 16.5. The summed E-state index contributed by atoms with van der Waals surface area (Å²) in [5, 5.41) is 3.85. The van der Waals surface area contributed by atoms with E-state index in [4.69, 9.17) is 4.74 Å². The summed E-state index contributed by atoms with van der Waals surface area (Å²) in [6.07, 6.45) is 5.53. The molecule has 23 heavy (non-hydrogen) atoms. The fraction of sp³-hybridized carbons (Fsp3) is 0.944. The Balaban J connectivity index is 1.78. The van der Waals surface area contributed by atoms with Crippen molar-refractivity contribution in [1.82, 2.24) is 15.1 Å². The van der Waals surface area contributed by atoms with Crippen LogP contribution in [-0.2, 0) is 4.74 Å². The van der Waals surface area contributed by atoms with Crippen LogP contribution in [-0.4, -0.2) is 66.3 Å². The van der Waals surface area contributed by atoms with Crippen LogP contribution >= 0.6 is 0 Å². The number of likely N-dealkylation sites (tertiary alicyclic amines) is 2. The summed E-state index contributed by atoms with van der Waals surface area (Å²) in [6, 6.07) is 1.81. The molecule has 2 heterocycles. The molecule has 0 saturated carbocycles. The minimum atomic E-state index is -0.411. The second kappa shape index (κ2) is 7.84. The molecule has 0 aliphatic carbocycles. The largest absolute Gasteiger partial charge is 0.444 e. The van der Waals surface area contributed by atoms with Gasteiger partial charge in [-0.2, -0.15) is 0 Å². The molecule has 2 fully saturated rings. The monoisotopic (exact) mass is 325 g/mol. The summed E-state index contributed by atoms with van der Waals surface area (Å²) >= 11 is 0. The van der Waals surface area contributed by atoms with E-state index in [9.17, 15) is 4.79 Å². The Morgan fingerprint density at radius 1 is 1.09 bits per heavy atom. The second-order valence-electron chi connectivity index (χ2n) is 8.31. The van der Waals surface area contributed by atoms with Crippen molar-refractivity contribution in [3.8, 4) is 0 Å². The minimum Gasteiger partial charge on any atom is -0.444 e. The summed E-state index contributed by atoms with van der Waals surface area (Å²) in [5.41, 5.74) is -0.411. The molecule has 0 radical (unpaired) electrons. The van der Waals surface area contributed by atoms with Crippen LogP contribution in [0.4, 0.5) is 4.79 Å². The fourth-order valence-corrected chi connectivity index (χ4v) is 3.55. The molecule has 2 aliphatic rings. The minimum absolute atomic E-state index is 0.161. The Kier molecular flexibility index (Phi) is 6.32. The van der Waals surface area contributed by atoms with Gasteiger partial charge in [0.2, 0.25) is 0 Å². The lowest BCUT2D eigenvalue weighted by Gasteiger charge is -2.37. The maximum Gasteiger partial charge on any atom is 0.410 e. The SMILES string of the molecule is CC1CC(NC2CCCN(C(=O)OC(C)(C)C)CC2)CCN1C. The van der Waals surface area contributed by atoms with Crippen LogP contribution in [0.1, 0.15) is 59.8 Å². The Morgan fingerprint density at radius 3 is 2.43 bits per heavy atom. The van der Waals surface area contributed by atoms with Crippen LogP contribution in [0.25, 0.3) is 0 Å². The predicted octanol–water partition coefficient (Wildman–Crippen LogP) is 2.85. The van der Waals surface area contributed by atoms with Gasteiger partial charge in [0, 0.05) is 31.2 Å². The molecule has 3 unspecified atom stereocenters. The van der Waals surface area contributed by atoms with Gasteiger partial charge in [-0.3, -0.25) is 0 Å². The maximum absolute atomic E-state index is 12.2. The van der Waals surface area contributed by atoms with Crippen LogP contribution in [0.3, 0.4) is 0 Å². The topological polar surface area (TPSA) is 44.8 Å². The third-order valence-electron chi connectivity index (χ3n) is 5.06. The Morgan fingerprint density at radius 2 is 1.78 bits per heavy atom. The predicted molar refractivity (Wildman–Crippen MR) is 93.7 cm³/mol. The lowest BCUT2D eigenvalue weighted by atomic mass is 9.97. The normalized spacial score (nSPS) is 30.8. The third kappa shape index (κ3) is 5.96. The molecule has 1 N–H and O–H groups in total. The van der Waals surface area contributed by atoms with E-state index < -0.39 is 5.60 Å². The fourth-order valence-electron chi connectivity index (χ4n) is 3.55. The first-order chi connectivity index (χ1) is 10.7. The molecule has 5 nitrogen and oxygen atoms in total. The molecule has 134 valence electrons.